The average molecular weight is 729 g/mol. The summed E-state index contributed by atoms with van der Waals surface area (Å²) in [5, 5.41) is 0. The third-order valence-electron chi connectivity index (χ3n) is 11.6. The van der Waals surface area contributed by atoms with E-state index in [0.717, 1.165) is 22.4 Å². The maximum Gasteiger partial charge on any atom is 0.248 e. The lowest BCUT2D eigenvalue weighted by atomic mass is 9.36. The normalized spacial score (nSPS) is 13.4. The number of anilines is 3. The Bertz CT molecular complexity index is 2570. The molecular formula is C51H49BN4. The summed E-state index contributed by atoms with van der Waals surface area (Å²) in [5.41, 5.74) is 17.0. The van der Waals surface area contributed by atoms with E-state index in [2.05, 4.69) is 164 Å². The molecule has 0 spiro atoms. The first-order chi connectivity index (χ1) is 26.6. The monoisotopic (exact) mass is 728 g/mol. The Kier molecular flexibility index (Phi) is 8.25. The first-order valence-corrected chi connectivity index (χ1v) is 19.9. The van der Waals surface area contributed by atoms with Crippen LogP contribution in [0, 0.1) is 0 Å². The third kappa shape index (κ3) is 6.14. The minimum absolute atomic E-state index is 0.00147. The summed E-state index contributed by atoms with van der Waals surface area (Å²) in [7, 11) is 0. The molecule has 0 amide bonds. The number of benzene rings is 6. The zero-order chi connectivity index (χ0) is 39.1. The van der Waals surface area contributed by atoms with Gasteiger partial charge in [0.2, 0.25) is 6.71 Å². The maximum atomic E-state index is 5.22. The van der Waals surface area contributed by atoms with Gasteiger partial charge in [0.1, 0.15) is 0 Å². The molecule has 5 heteroatoms. The number of fused-ring (bicyclic) bond motifs is 5. The molecular weight excluding hydrogens is 679 g/mol. The minimum Gasteiger partial charge on any atom is -0.311 e. The van der Waals surface area contributed by atoms with Gasteiger partial charge >= 0.3 is 0 Å². The Balaban J connectivity index is 1.35. The molecule has 276 valence electrons. The van der Waals surface area contributed by atoms with E-state index in [1.54, 1.807) is 0 Å². The van der Waals surface area contributed by atoms with Crippen molar-refractivity contribution in [2.75, 3.05) is 4.90 Å². The molecule has 0 bridgehead atoms. The standard InChI is InChI=1S/C51H49BN4/c1-49(2,3)35-20-24-38(25-21-35)56-43-27-23-37(51(7,8)9)31-42(43)52-41-30-36(50(4,5)6)22-26-39(41)40-28-34(29-44(56)45(40)52)48-54-46(32-16-12-10-13-17-32)53-47(55-48)33-18-14-11-15-19-33/h10-31H,1-9H3. The van der Waals surface area contributed by atoms with Crippen molar-refractivity contribution in [3.8, 4) is 45.3 Å². The van der Waals surface area contributed by atoms with Crippen LogP contribution in [0.5, 0.6) is 0 Å². The van der Waals surface area contributed by atoms with E-state index in [9.17, 15) is 0 Å². The number of aromatic nitrogens is 3. The molecule has 0 atom stereocenters. The van der Waals surface area contributed by atoms with Gasteiger partial charge in [-0.05, 0) is 85.3 Å². The van der Waals surface area contributed by atoms with Crippen LogP contribution in [0.15, 0.2) is 133 Å². The van der Waals surface area contributed by atoms with Gasteiger partial charge in [0, 0.05) is 33.8 Å². The van der Waals surface area contributed by atoms with E-state index in [1.807, 2.05) is 36.4 Å². The highest BCUT2D eigenvalue weighted by Crippen LogP contribution is 2.44. The molecule has 56 heavy (non-hydrogen) atoms. The average Bonchev–Trinajstić information content (AvgIpc) is 3.52. The van der Waals surface area contributed by atoms with Crippen LogP contribution >= 0.6 is 0 Å². The molecule has 0 unspecified atom stereocenters. The SMILES string of the molecule is CC(C)(C)c1ccc(N2c3ccc(C(C)(C)C)cc3B3c4cc(C(C)(C)C)ccc4-c4cc(-c5nc(-c6ccccc6)nc(-c6ccccc6)n5)cc2c43)cc1. The van der Waals surface area contributed by atoms with Gasteiger partial charge in [-0.1, -0.05) is 171 Å². The predicted octanol–water partition coefficient (Wildman–Crippen LogP) is 11.0. The second-order valence-electron chi connectivity index (χ2n) is 18.6. The Morgan fingerprint density at radius 1 is 0.411 bits per heavy atom. The van der Waals surface area contributed by atoms with Gasteiger partial charge in [-0.15, -0.1) is 0 Å². The number of nitrogens with zero attached hydrogens (tertiary/aromatic N) is 4. The summed E-state index contributed by atoms with van der Waals surface area (Å²) in [6.07, 6.45) is 0. The zero-order valence-corrected chi connectivity index (χ0v) is 34.1. The van der Waals surface area contributed by atoms with Crippen molar-refractivity contribution >= 4 is 40.2 Å². The van der Waals surface area contributed by atoms with E-state index in [0.29, 0.717) is 17.5 Å². The summed E-state index contributed by atoms with van der Waals surface area (Å²) >= 11 is 0. The molecule has 2 aliphatic rings. The molecule has 2 aliphatic heterocycles. The van der Waals surface area contributed by atoms with E-state index in [1.165, 1.54) is 55.6 Å². The van der Waals surface area contributed by atoms with Crippen LogP contribution in [0.4, 0.5) is 17.1 Å². The molecule has 0 saturated carbocycles. The maximum absolute atomic E-state index is 5.22. The largest absolute Gasteiger partial charge is 0.311 e. The van der Waals surface area contributed by atoms with Crippen LogP contribution in [0.2, 0.25) is 0 Å². The summed E-state index contributed by atoms with van der Waals surface area (Å²) in [6.45, 7) is 20.8. The molecule has 0 N–H and O–H groups in total. The van der Waals surface area contributed by atoms with E-state index in [-0.39, 0.29) is 23.0 Å². The first kappa shape index (κ1) is 35.9. The molecule has 4 nitrogen and oxygen atoms in total. The van der Waals surface area contributed by atoms with Gasteiger partial charge in [-0.25, -0.2) is 15.0 Å². The van der Waals surface area contributed by atoms with Crippen molar-refractivity contribution in [3.63, 3.8) is 0 Å². The second-order valence-corrected chi connectivity index (χ2v) is 18.6. The van der Waals surface area contributed by atoms with Gasteiger partial charge in [0.15, 0.2) is 17.5 Å². The number of hydrogen-bond acceptors (Lipinski definition) is 4. The smallest absolute Gasteiger partial charge is 0.248 e. The van der Waals surface area contributed by atoms with Crippen LogP contribution in [0.1, 0.15) is 79.0 Å². The summed E-state index contributed by atoms with van der Waals surface area (Å²) in [5.74, 6) is 1.97. The number of hydrogen-bond donors (Lipinski definition) is 0. The van der Waals surface area contributed by atoms with Gasteiger partial charge in [0.25, 0.3) is 0 Å². The van der Waals surface area contributed by atoms with Crippen molar-refractivity contribution in [2.45, 2.75) is 78.6 Å². The zero-order valence-electron chi connectivity index (χ0n) is 34.1. The quantitative estimate of drug-likeness (QED) is 0.169. The molecule has 9 rings (SSSR count). The fraction of sp³-hybridized carbons (Fsp3) is 0.235. The van der Waals surface area contributed by atoms with Gasteiger partial charge in [-0.2, -0.15) is 0 Å². The minimum atomic E-state index is 0.00147. The van der Waals surface area contributed by atoms with Crippen molar-refractivity contribution in [1.29, 1.82) is 0 Å². The Morgan fingerprint density at radius 2 is 0.893 bits per heavy atom. The fourth-order valence-electron chi connectivity index (χ4n) is 8.38. The molecule has 6 aromatic carbocycles. The summed E-state index contributed by atoms with van der Waals surface area (Å²) < 4.78 is 0. The van der Waals surface area contributed by atoms with Crippen LogP contribution in [-0.2, 0) is 16.2 Å². The lowest BCUT2D eigenvalue weighted by molar-refractivity contribution is 0.590. The molecule has 0 aliphatic carbocycles. The lowest BCUT2D eigenvalue weighted by Gasteiger charge is -2.37. The van der Waals surface area contributed by atoms with Gasteiger partial charge in [-0.3, -0.25) is 0 Å². The molecule has 1 aromatic heterocycles. The third-order valence-corrected chi connectivity index (χ3v) is 11.6. The predicted molar refractivity (Wildman–Crippen MR) is 237 cm³/mol. The molecule has 7 aromatic rings. The van der Waals surface area contributed by atoms with Crippen LogP contribution in [0.25, 0.3) is 45.3 Å². The van der Waals surface area contributed by atoms with Crippen molar-refractivity contribution in [2.24, 2.45) is 0 Å². The number of rotatable bonds is 4. The fourth-order valence-corrected chi connectivity index (χ4v) is 8.38. The Hall–Kier alpha value is -5.81. The molecule has 3 heterocycles. The molecule has 0 fully saturated rings. The first-order valence-electron chi connectivity index (χ1n) is 19.9. The topological polar surface area (TPSA) is 41.9 Å². The van der Waals surface area contributed by atoms with Gasteiger partial charge in [0.05, 0.1) is 0 Å². The summed E-state index contributed by atoms with van der Waals surface area (Å²) in [4.78, 5) is 17.9. The van der Waals surface area contributed by atoms with Crippen LogP contribution in [0.3, 0.4) is 0 Å². The Morgan fingerprint density at radius 3 is 1.43 bits per heavy atom. The van der Waals surface area contributed by atoms with Crippen LogP contribution in [-0.4, -0.2) is 21.7 Å². The van der Waals surface area contributed by atoms with Crippen molar-refractivity contribution in [1.82, 2.24) is 15.0 Å². The highest BCUT2D eigenvalue weighted by molar-refractivity contribution is 7.01. The second kappa shape index (κ2) is 12.9. The summed E-state index contributed by atoms with van der Waals surface area (Å²) in [6, 6.07) is 48.7. The van der Waals surface area contributed by atoms with E-state index >= 15 is 0 Å². The van der Waals surface area contributed by atoms with E-state index in [4.69, 9.17) is 15.0 Å². The Labute approximate surface area is 332 Å². The van der Waals surface area contributed by atoms with Crippen molar-refractivity contribution < 1.29 is 0 Å². The highest BCUT2D eigenvalue weighted by atomic mass is 15.2. The van der Waals surface area contributed by atoms with Crippen molar-refractivity contribution in [3.05, 3.63) is 150 Å². The van der Waals surface area contributed by atoms with Gasteiger partial charge < -0.3 is 4.90 Å². The van der Waals surface area contributed by atoms with E-state index < -0.39 is 0 Å². The highest BCUT2D eigenvalue weighted by Gasteiger charge is 2.44. The lowest BCUT2D eigenvalue weighted by Crippen LogP contribution is -2.55. The molecule has 0 radical (unpaired) electrons. The molecule has 0 saturated heterocycles. The van der Waals surface area contributed by atoms with Crippen LogP contribution < -0.4 is 21.3 Å².